The SMILES string of the molecule is CC(=O)Nc1ccsc1CNCC(C)C. The van der Waals surface area contributed by atoms with Crippen LogP contribution in [0.25, 0.3) is 0 Å². The second-order valence-corrected chi connectivity index (χ2v) is 4.96. The lowest BCUT2D eigenvalue weighted by Crippen LogP contribution is -2.19. The Bertz CT molecular complexity index is 320. The van der Waals surface area contributed by atoms with Crippen LogP contribution in [0.3, 0.4) is 0 Å². The minimum atomic E-state index is -0.0153. The smallest absolute Gasteiger partial charge is 0.221 e. The molecule has 4 heteroatoms. The van der Waals surface area contributed by atoms with Crippen LogP contribution in [0.4, 0.5) is 5.69 Å². The first-order valence-electron chi connectivity index (χ1n) is 5.14. The van der Waals surface area contributed by atoms with Crippen LogP contribution in [0.2, 0.25) is 0 Å². The lowest BCUT2D eigenvalue weighted by atomic mass is 10.2. The minimum absolute atomic E-state index is 0.0153. The van der Waals surface area contributed by atoms with Crippen LogP contribution >= 0.6 is 11.3 Å². The van der Waals surface area contributed by atoms with Gasteiger partial charge in [-0.3, -0.25) is 4.79 Å². The Morgan fingerprint density at radius 3 is 2.87 bits per heavy atom. The van der Waals surface area contributed by atoms with E-state index in [1.54, 1.807) is 11.3 Å². The summed E-state index contributed by atoms with van der Waals surface area (Å²) in [7, 11) is 0. The summed E-state index contributed by atoms with van der Waals surface area (Å²) in [5.41, 5.74) is 0.934. The zero-order valence-corrected chi connectivity index (χ0v) is 10.3. The summed E-state index contributed by atoms with van der Waals surface area (Å²) in [6.07, 6.45) is 0. The number of thiophene rings is 1. The number of carbonyl (C=O) groups is 1. The summed E-state index contributed by atoms with van der Waals surface area (Å²) in [6, 6.07) is 1.94. The maximum atomic E-state index is 10.9. The lowest BCUT2D eigenvalue weighted by molar-refractivity contribution is -0.114. The standard InChI is InChI=1S/C11H18N2OS/c1-8(2)6-12-7-11-10(4-5-15-11)13-9(3)14/h4-5,8,12H,6-7H2,1-3H3,(H,13,14). The number of anilines is 1. The van der Waals surface area contributed by atoms with Crippen LogP contribution in [0.5, 0.6) is 0 Å². The van der Waals surface area contributed by atoms with Crippen molar-refractivity contribution in [3.05, 3.63) is 16.3 Å². The van der Waals surface area contributed by atoms with Crippen molar-refractivity contribution in [3.63, 3.8) is 0 Å². The molecule has 0 aliphatic rings. The van der Waals surface area contributed by atoms with Crippen LogP contribution in [0.1, 0.15) is 25.6 Å². The molecular weight excluding hydrogens is 208 g/mol. The van der Waals surface area contributed by atoms with E-state index in [-0.39, 0.29) is 5.91 Å². The molecule has 1 amide bonds. The molecule has 0 aromatic carbocycles. The molecule has 0 radical (unpaired) electrons. The summed E-state index contributed by atoms with van der Waals surface area (Å²) >= 11 is 1.67. The van der Waals surface area contributed by atoms with Gasteiger partial charge in [0.1, 0.15) is 0 Å². The number of hydrogen-bond donors (Lipinski definition) is 2. The second-order valence-electron chi connectivity index (χ2n) is 3.96. The van der Waals surface area contributed by atoms with Crippen molar-refractivity contribution in [2.24, 2.45) is 5.92 Å². The van der Waals surface area contributed by atoms with Crippen LogP contribution in [-0.4, -0.2) is 12.5 Å². The highest BCUT2D eigenvalue weighted by Gasteiger charge is 2.05. The molecule has 0 aliphatic heterocycles. The largest absolute Gasteiger partial charge is 0.325 e. The normalized spacial score (nSPS) is 10.7. The zero-order chi connectivity index (χ0) is 11.3. The average molecular weight is 226 g/mol. The Kier molecular flexibility index (Phi) is 4.78. The predicted molar refractivity (Wildman–Crippen MR) is 65.2 cm³/mol. The number of amides is 1. The molecule has 0 spiro atoms. The second kappa shape index (κ2) is 5.88. The maximum Gasteiger partial charge on any atom is 0.221 e. The fourth-order valence-corrected chi connectivity index (χ4v) is 2.05. The topological polar surface area (TPSA) is 41.1 Å². The van der Waals surface area contributed by atoms with E-state index in [0.717, 1.165) is 18.8 Å². The van der Waals surface area contributed by atoms with E-state index < -0.39 is 0 Å². The van der Waals surface area contributed by atoms with E-state index in [0.29, 0.717) is 5.92 Å². The van der Waals surface area contributed by atoms with Crippen LogP contribution in [-0.2, 0) is 11.3 Å². The molecule has 1 aromatic heterocycles. The average Bonchev–Trinajstić information content (AvgIpc) is 2.51. The third-order valence-electron chi connectivity index (χ3n) is 1.89. The Hall–Kier alpha value is -0.870. The lowest BCUT2D eigenvalue weighted by Gasteiger charge is -2.08. The minimum Gasteiger partial charge on any atom is -0.325 e. The van der Waals surface area contributed by atoms with E-state index in [4.69, 9.17) is 0 Å². The van der Waals surface area contributed by atoms with Crippen LogP contribution < -0.4 is 10.6 Å². The molecule has 0 saturated heterocycles. The van der Waals surface area contributed by atoms with E-state index >= 15 is 0 Å². The molecule has 0 fully saturated rings. The monoisotopic (exact) mass is 226 g/mol. The molecule has 0 saturated carbocycles. The van der Waals surface area contributed by atoms with Gasteiger partial charge >= 0.3 is 0 Å². The summed E-state index contributed by atoms with van der Waals surface area (Å²) < 4.78 is 0. The molecule has 84 valence electrons. The molecule has 1 aromatic rings. The van der Waals surface area contributed by atoms with Gasteiger partial charge in [-0.05, 0) is 23.9 Å². The molecule has 3 nitrogen and oxygen atoms in total. The van der Waals surface area contributed by atoms with Crippen molar-refractivity contribution in [1.29, 1.82) is 0 Å². The number of nitrogens with one attached hydrogen (secondary N) is 2. The summed E-state index contributed by atoms with van der Waals surface area (Å²) in [5, 5.41) is 8.18. The van der Waals surface area contributed by atoms with Gasteiger partial charge in [-0.15, -0.1) is 11.3 Å². The van der Waals surface area contributed by atoms with E-state index in [1.807, 2.05) is 11.4 Å². The third kappa shape index (κ3) is 4.44. The molecular formula is C11H18N2OS. The van der Waals surface area contributed by atoms with Crippen LogP contribution in [0, 0.1) is 5.92 Å². The van der Waals surface area contributed by atoms with Crippen molar-refractivity contribution in [2.75, 3.05) is 11.9 Å². The maximum absolute atomic E-state index is 10.9. The highest BCUT2D eigenvalue weighted by Crippen LogP contribution is 2.21. The van der Waals surface area contributed by atoms with Gasteiger partial charge in [0.15, 0.2) is 0 Å². The van der Waals surface area contributed by atoms with Gasteiger partial charge < -0.3 is 10.6 Å². The molecule has 0 atom stereocenters. The molecule has 2 N–H and O–H groups in total. The van der Waals surface area contributed by atoms with Crippen molar-refractivity contribution in [3.8, 4) is 0 Å². The van der Waals surface area contributed by atoms with E-state index in [1.165, 1.54) is 11.8 Å². The van der Waals surface area contributed by atoms with Gasteiger partial charge in [0, 0.05) is 18.3 Å². The van der Waals surface area contributed by atoms with E-state index in [9.17, 15) is 4.79 Å². The molecule has 15 heavy (non-hydrogen) atoms. The van der Waals surface area contributed by atoms with Gasteiger partial charge in [0.05, 0.1) is 5.69 Å². The van der Waals surface area contributed by atoms with Crippen molar-refractivity contribution < 1.29 is 4.79 Å². The summed E-state index contributed by atoms with van der Waals surface area (Å²) in [4.78, 5) is 12.1. The van der Waals surface area contributed by atoms with Gasteiger partial charge in [-0.2, -0.15) is 0 Å². The first kappa shape index (κ1) is 12.2. The van der Waals surface area contributed by atoms with Crippen molar-refractivity contribution in [1.82, 2.24) is 5.32 Å². The Balaban J connectivity index is 2.46. The molecule has 0 aliphatic carbocycles. The molecule has 0 unspecified atom stereocenters. The van der Waals surface area contributed by atoms with Gasteiger partial charge in [0.25, 0.3) is 0 Å². The number of rotatable bonds is 5. The van der Waals surface area contributed by atoms with Gasteiger partial charge in [-0.1, -0.05) is 13.8 Å². The molecule has 0 bridgehead atoms. The zero-order valence-electron chi connectivity index (χ0n) is 9.46. The summed E-state index contributed by atoms with van der Waals surface area (Å²) in [5.74, 6) is 0.632. The highest BCUT2D eigenvalue weighted by atomic mass is 32.1. The van der Waals surface area contributed by atoms with Crippen molar-refractivity contribution in [2.45, 2.75) is 27.3 Å². The Morgan fingerprint density at radius 1 is 1.53 bits per heavy atom. The van der Waals surface area contributed by atoms with Gasteiger partial charge in [0.2, 0.25) is 5.91 Å². The highest BCUT2D eigenvalue weighted by molar-refractivity contribution is 7.10. The van der Waals surface area contributed by atoms with Crippen molar-refractivity contribution >= 4 is 22.9 Å². The predicted octanol–water partition coefficient (Wildman–Crippen LogP) is 2.45. The number of carbonyl (C=O) groups excluding carboxylic acids is 1. The van der Waals surface area contributed by atoms with Gasteiger partial charge in [-0.25, -0.2) is 0 Å². The first-order chi connectivity index (χ1) is 7.09. The quantitative estimate of drug-likeness (QED) is 0.809. The first-order valence-corrected chi connectivity index (χ1v) is 6.02. The van der Waals surface area contributed by atoms with E-state index in [2.05, 4.69) is 24.5 Å². The number of hydrogen-bond acceptors (Lipinski definition) is 3. The molecule has 1 heterocycles. The molecule has 1 rings (SSSR count). The summed E-state index contributed by atoms with van der Waals surface area (Å²) in [6.45, 7) is 7.71. The third-order valence-corrected chi connectivity index (χ3v) is 2.82. The fourth-order valence-electron chi connectivity index (χ4n) is 1.25. The Labute approximate surface area is 94.9 Å². The van der Waals surface area contributed by atoms with Crippen LogP contribution in [0.15, 0.2) is 11.4 Å². The fraction of sp³-hybridized carbons (Fsp3) is 0.545. The Morgan fingerprint density at radius 2 is 2.27 bits per heavy atom.